The van der Waals surface area contributed by atoms with E-state index >= 15 is 0 Å². The van der Waals surface area contributed by atoms with Gasteiger partial charge < -0.3 is 18.9 Å². The molecule has 0 saturated heterocycles. The third-order valence-corrected chi connectivity index (χ3v) is 20.8. The van der Waals surface area contributed by atoms with Crippen molar-refractivity contribution in [3.05, 3.63) is 307 Å². The Morgan fingerprint density at radius 3 is 0.918 bits per heavy atom. The number of nitrogens with zero attached hydrogens (tertiary/aromatic N) is 4. The van der Waals surface area contributed by atoms with Crippen LogP contribution in [0.5, 0.6) is 0 Å². The van der Waals surface area contributed by atoms with Crippen molar-refractivity contribution in [1.82, 2.24) is 9.13 Å². The predicted octanol–water partition coefficient (Wildman–Crippen LogP) is 23.1. The largest absolute Gasteiger partial charge is 0.310 e. The van der Waals surface area contributed by atoms with Gasteiger partial charge in [-0.25, -0.2) is 0 Å². The first-order valence-corrected chi connectivity index (χ1v) is 34.5. The molecular formula is C92H79BN4. The van der Waals surface area contributed by atoms with E-state index in [9.17, 15) is 0 Å². The summed E-state index contributed by atoms with van der Waals surface area (Å²) in [5, 5.41) is 4.99. The maximum atomic E-state index is 2.73. The highest BCUT2D eigenvalue weighted by atomic mass is 15.2. The monoisotopic (exact) mass is 1250 g/mol. The lowest BCUT2D eigenvalue weighted by atomic mass is 9.33. The van der Waals surface area contributed by atoms with Gasteiger partial charge in [-0.3, -0.25) is 0 Å². The van der Waals surface area contributed by atoms with Crippen molar-refractivity contribution in [1.29, 1.82) is 0 Å². The van der Waals surface area contributed by atoms with E-state index in [4.69, 9.17) is 0 Å². The smallest absolute Gasteiger partial charge is 0.252 e. The first-order valence-electron chi connectivity index (χ1n) is 34.5. The van der Waals surface area contributed by atoms with Crippen molar-refractivity contribution in [2.45, 2.75) is 92.4 Å². The maximum Gasteiger partial charge on any atom is 0.252 e. The predicted molar refractivity (Wildman–Crippen MR) is 416 cm³/mol. The molecule has 13 aromatic carbocycles. The Morgan fingerprint density at radius 2 is 0.577 bits per heavy atom. The van der Waals surface area contributed by atoms with Crippen molar-refractivity contribution in [3.8, 4) is 55.9 Å². The summed E-state index contributed by atoms with van der Waals surface area (Å²) in [4.78, 5) is 5.46. The van der Waals surface area contributed by atoms with Gasteiger partial charge in [0.05, 0.1) is 33.4 Å². The Morgan fingerprint density at radius 1 is 0.268 bits per heavy atom. The minimum atomic E-state index is -0.313. The third kappa shape index (κ3) is 9.79. The maximum absolute atomic E-state index is 2.73. The van der Waals surface area contributed by atoms with Crippen LogP contribution in [0.4, 0.5) is 34.1 Å². The van der Waals surface area contributed by atoms with Crippen molar-refractivity contribution < 1.29 is 0 Å². The van der Waals surface area contributed by atoms with Crippen LogP contribution >= 0.6 is 0 Å². The van der Waals surface area contributed by atoms with Gasteiger partial charge in [0.1, 0.15) is 0 Å². The van der Waals surface area contributed by atoms with E-state index in [0.717, 1.165) is 56.4 Å². The highest BCUT2D eigenvalue weighted by Gasteiger charge is 2.47. The lowest BCUT2D eigenvalue weighted by molar-refractivity contribution is 0.590. The van der Waals surface area contributed by atoms with Gasteiger partial charge in [-0.05, 0) is 182 Å². The normalized spacial score (nSPS) is 13.0. The number of rotatable bonds is 8. The van der Waals surface area contributed by atoms with Gasteiger partial charge in [-0.1, -0.05) is 255 Å². The fourth-order valence-corrected chi connectivity index (χ4v) is 15.9. The van der Waals surface area contributed by atoms with Crippen LogP contribution in [-0.2, 0) is 16.2 Å². The topological polar surface area (TPSA) is 16.3 Å². The molecule has 0 N–H and O–H groups in total. The molecule has 15 aromatic rings. The summed E-state index contributed by atoms with van der Waals surface area (Å²) in [7, 11) is 0. The number of hydrogen-bond donors (Lipinski definition) is 0. The van der Waals surface area contributed by atoms with Crippen LogP contribution in [0.2, 0.25) is 0 Å². The summed E-state index contributed by atoms with van der Waals surface area (Å²) in [6.45, 7) is 25.6. The molecule has 2 aliphatic heterocycles. The molecule has 4 nitrogen and oxygen atoms in total. The Hall–Kier alpha value is -10.9. The summed E-state index contributed by atoms with van der Waals surface area (Å²) >= 11 is 0. The molecule has 97 heavy (non-hydrogen) atoms. The van der Waals surface area contributed by atoms with Crippen LogP contribution in [-0.4, -0.2) is 15.8 Å². The number of para-hydroxylation sites is 2. The quantitative estimate of drug-likeness (QED) is 0.141. The number of benzene rings is 13. The second kappa shape index (κ2) is 22.4. The third-order valence-electron chi connectivity index (χ3n) is 20.8. The van der Waals surface area contributed by atoms with E-state index in [2.05, 4.69) is 374 Å². The van der Waals surface area contributed by atoms with Crippen molar-refractivity contribution in [2.75, 3.05) is 9.80 Å². The summed E-state index contributed by atoms with van der Waals surface area (Å²) in [5.41, 5.74) is 32.6. The van der Waals surface area contributed by atoms with E-state index in [1.807, 2.05) is 0 Å². The molecule has 0 aliphatic carbocycles. The molecule has 0 atom stereocenters. The highest BCUT2D eigenvalue weighted by Crippen LogP contribution is 2.56. The molecule has 0 spiro atoms. The van der Waals surface area contributed by atoms with E-state index < -0.39 is 0 Å². The molecule has 4 heterocycles. The van der Waals surface area contributed by atoms with Crippen LogP contribution in [0.1, 0.15) is 90.1 Å². The van der Waals surface area contributed by atoms with E-state index in [1.54, 1.807) is 0 Å². The van der Waals surface area contributed by atoms with E-state index in [-0.39, 0.29) is 23.0 Å². The van der Waals surface area contributed by atoms with Gasteiger partial charge in [0.15, 0.2) is 0 Å². The molecule has 0 saturated carbocycles. The lowest BCUT2D eigenvalue weighted by Crippen LogP contribution is -2.61. The number of anilines is 6. The van der Waals surface area contributed by atoms with Crippen LogP contribution in [0.25, 0.3) is 99.5 Å². The molecule has 17 rings (SSSR count). The minimum Gasteiger partial charge on any atom is -0.310 e. The standard InChI is InChI=1S/C92H79BN4/c1-58-40-46-81-75(48-58)76-49-59(2)41-47-82(76)95(81)68-43-45-78-84(57-68)97(89-73(62-32-20-14-21-33-62)52-65(91(6,7)8)53-74(89)63-34-22-15-23-35-63)86-55-66(92(9,10)11)54-85-87(86)93(78)77-44-42-67(94-79-38-26-24-36-69(79)70-37-25-27-39-80(70)94)56-83(77)96(85)88-71(60-28-16-12-17-29-60)50-64(90(3,4)5)51-72(88)61-30-18-13-19-31-61/h12-57H,1-11H3. The number of aromatic nitrogens is 2. The number of hydrogen-bond acceptors (Lipinski definition) is 2. The van der Waals surface area contributed by atoms with Gasteiger partial charge in [-0.15, -0.1) is 0 Å². The molecule has 0 fully saturated rings. The van der Waals surface area contributed by atoms with Gasteiger partial charge >= 0.3 is 0 Å². The molecule has 0 radical (unpaired) electrons. The fraction of sp³-hybridized carbons (Fsp3) is 0.152. The molecule has 2 aromatic heterocycles. The van der Waals surface area contributed by atoms with E-state index in [1.165, 1.54) is 121 Å². The SMILES string of the molecule is Cc1ccc2c(c1)c1cc(C)ccc1n2-c1ccc2c(c1)N(c1c(-c3ccccc3)cc(C(C)(C)C)cc1-c1ccccc1)c1cc(C(C)(C)C)cc3c1B2c1ccc(-n2c4ccccc4c4ccccc42)cc1N3c1c(-c2ccccc2)cc(C(C)(C)C)cc1-c1ccccc1. The van der Waals surface area contributed by atoms with Crippen LogP contribution in [0.3, 0.4) is 0 Å². The number of aryl methyl sites for hydroxylation is 2. The Kier molecular flexibility index (Phi) is 13.8. The Bertz CT molecular complexity index is 5420. The average Bonchev–Trinajstić information content (AvgIpc) is 1.13. The molecule has 470 valence electrons. The summed E-state index contributed by atoms with van der Waals surface area (Å²) in [5.74, 6) is 0. The molecular weight excluding hydrogens is 1170 g/mol. The Balaban J connectivity index is 1.07. The van der Waals surface area contributed by atoms with Gasteiger partial charge in [0.25, 0.3) is 6.71 Å². The Labute approximate surface area is 571 Å². The van der Waals surface area contributed by atoms with Gasteiger partial charge in [-0.2, -0.15) is 0 Å². The highest BCUT2D eigenvalue weighted by molar-refractivity contribution is 7.00. The lowest BCUT2D eigenvalue weighted by Gasteiger charge is -2.47. The van der Waals surface area contributed by atoms with Gasteiger partial charge in [0, 0.05) is 77.9 Å². The van der Waals surface area contributed by atoms with Crippen molar-refractivity contribution >= 4 is 101 Å². The average molecular weight is 1250 g/mol. The summed E-state index contributed by atoms with van der Waals surface area (Å²) in [6, 6.07) is 107. The summed E-state index contributed by atoms with van der Waals surface area (Å²) < 4.78 is 5.03. The van der Waals surface area contributed by atoms with Crippen LogP contribution in [0.15, 0.2) is 279 Å². The molecule has 0 unspecified atom stereocenters. The molecule has 0 amide bonds. The zero-order valence-electron chi connectivity index (χ0n) is 57.4. The minimum absolute atomic E-state index is 0.179. The zero-order valence-corrected chi connectivity index (χ0v) is 57.4. The number of fused-ring (bicyclic) bond motifs is 10. The van der Waals surface area contributed by atoms with Gasteiger partial charge in [0.2, 0.25) is 0 Å². The second-order valence-electron chi connectivity index (χ2n) is 30.3. The van der Waals surface area contributed by atoms with E-state index in [0.29, 0.717) is 0 Å². The molecule has 5 heteroatoms. The summed E-state index contributed by atoms with van der Waals surface area (Å²) in [6.07, 6.45) is 0. The van der Waals surface area contributed by atoms with Crippen LogP contribution in [0, 0.1) is 13.8 Å². The second-order valence-corrected chi connectivity index (χ2v) is 30.3. The first kappa shape index (κ1) is 59.8. The molecule has 0 bridgehead atoms. The zero-order chi connectivity index (χ0) is 66.4. The van der Waals surface area contributed by atoms with Crippen molar-refractivity contribution in [2.24, 2.45) is 0 Å². The first-order chi connectivity index (χ1) is 46.9. The fourth-order valence-electron chi connectivity index (χ4n) is 15.9. The van der Waals surface area contributed by atoms with Crippen LogP contribution < -0.4 is 26.2 Å². The molecule has 2 aliphatic rings. The van der Waals surface area contributed by atoms with Crippen molar-refractivity contribution in [3.63, 3.8) is 0 Å².